The molecular formula is C11H18ClN3O3S. The maximum Gasteiger partial charge on any atom is 0.243 e. The van der Waals surface area contributed by atoms with E-state index in [1.807, 2.05) is 13.8 Å². The topological polar surface area (TPSA) is 92.2 Å². The molecule has 0 aliphatic heterocycles. The van der Waals surface area contributed by atoms with E-state index in [-0.39, 0.29) is 22.6 Å². The van der Waals surface area contributed by atoms with Crippen molar-refractivity contribution in [3.05, 3.63) is 17.7 Å². The molecular weight excluding hydrogens is 290 g/mol. The molecule has 19 heavy (non-hydrogen) atoms. The Morgan fingerprint density at radius 1 is 1.42 bits per heavy atom. The number of nitrogens with zero attached hydrogens (tertiary/aromatic N) is 2. The molecule has 1 unspecified atom stereocenters. The van der Waals surface area contributed by atoms with Crippen LogP contribution >= 0.6 is 11.6 Å². The zero-order chi connectivity index (χ0) is 14.7. The lowest BCUT2D eigenvalue weighted by Crippen LogP contribution is -2.41. The Balaban J connectivity index is 2.73. The van der Waals surface area contributed by atoms with Gasteiger partial charge >= 0.3 is 0 Å². The highest BCUT2D eigenvalue weighted by atomic mass is 35.5. The van der Waals surface area contributed by atoms with Crippen LogP contribution in [-0.4, -0.2) is 35.6 Å². The van der Waals surface area contributed by atoms with Crippen LogP contribution < -0.4 is 4.72 Å². The molecule has 1 atom stereocenters. The molecule has 6 nitrogen and oxygen atoms in total. The Kier molecular flexibility index (Phi) is 5.26. The molecule has 0 saturated heterocycles. The van der Waals surface area contributed by atoms with E-state index >= 15 is 0 Å². The molecule has 0 saturated carbocycles. The average Bonchev–Trinajstić information content (AvgIpc) is 2.26. The van der Waals surface area contributed by atoms with Crippen molar-refractivity contribution < 1.29 is 13.5 Å². The summed E-state index contributed by atoms with van der Waals surface area (Å²) >= 11 is 5.49. The molecule has 0 aliphatic rings. The number of aliphatic hydroxyl groups is 1. The summed E-state index contributed by atoms with van der Waals surface area (Å²) < 4.78 is 26.2. The lowest BCUT2D eigenvalue weighted by atomic mass is 9.95. The molecule has 1 aromatic rings. The predicted octanol–water partition coefficient (Wildman–Crippen LogP) is 1.21. The maximum absolute atomic E-state index is 11.9. The van der Waals surface area contributed by atoms with Crippen LogP contribution in [0, 0.1) is 5.92 Å². The lowest BCUT2D eigenvalue weighted by molar-refractivity contribution is 0.0436. The van der Waals surface area contributed by atoms with Crippen LogP contribution in [0.2, 0.25) is 5.28 Å². The SMILES string of the molecule is CC(C)CC(C)(O)CNS(=O)(=O)c1cnc(Cl)nc1. The summed E-state index contributed by atoms with van der Waals surface area (Å²) in [5, 5.41) is 10.0. The van der Waals surface area contributed by atoms with Gasteiger partial charge in [0, 0.05) is 6.54 Å². The van der Waals surface area contributed by atoms with Crippen molar-refractivity contribution >= 4 is 21.6 Å². The van der Waals surface area contributed by atoms with Crippen LogP contribution in [0.4, 0.5) is 0 Å². The van der Waals surface area contributed by atoms with Crippen molar-refractivity contribution in [1.82, 2.24) is 14.7 Å². The summed E-state index contributed by atoms with van der Waals surface area (Å²) in [7, 11) is -3.74. The summed E-state index contributed by atoms with van der Waals surface area (Å²) in [5.74, 6) is 0.262. The van der Waals surface area contributed by atoms with Gasteiger partial charge in [-0.3, -0.25) is 0 Å². The Hall–Kier alpha value is -0.760. The third kappa shape index (κ3) is 5.40. The van der Waals surface area contributed by atoms with E-state index in [1.54, 1.807) is 6.92 Å². The zero-order valence-electron chi connectivity index (χ0n) is 11.1. The first-order chi connectivity index (χ1) is 8.62. The molecule has 0 bridgehead atoms. The van der Waals surface area contributed by atoms with Crippen LogP contribution in [0.3, 0.4) is 0 Å². The smallest absolute Gasteiger partial charge is 0.243 e. The third-order valence-corrected chi connectivity index (χ3v) is 3.95. The van der Waals surface area contributed by atoms with Gasteiger partial charge in [0.15, 0.2) is 0 Å². The molecule has 2 N–H and O–H groups in total. The minimum absolute atomic E-state index is 0.0224. The first-order valence-corrected chi connectivity index (χ1v) is 7.68. The minimum Gasteiger partial charge on any atom is -0.389 e. The Labute approximate surface area is 118 Å². The van der Waals surface area contributed by atoms with Crippen LogP contribution in [0.15, 0.2) is 17.3 Å². The highest BCUT2D eigenvalue weighted by Gasteiger charge is 2.25. The Morgan fingerprint density at radius 2 is 1.95 bits per heavy atom. The first kappa shape index (κ1) is 16.3. The fraction of sp³-hybridized carbons (Fsp3) is 0.636. The summed E-state index contributed by atoms with van der Waals surface area (Å²) in [5.41, 5.74) is -1.10. The minimum atomic E-state index is -3.74. The van der Waals surface area contributed by atoms with Crippen molar-refractivity contribution in [2.24, 2.45) is 5.92 Å². The lowest BCUT2D eigenvalue weighted by Gasteiger charge is -2.25. The van der Waals surface area contributed by atoms with Crippen molar-refractivity contribution in [2.75, 3.05) is 6.54 Å². The van der Waals surface area contributed by atoms with Gasteiger partial charge < -0.3 is 5.11 Å². The second kappa shape index (κ2) is 6.13. The van der Waals surface area contributed by atoms with Crippen molar-refractivity contribution in [1.29, 1.82) is 0 Å². The number of halogens is 1. The number of nitrogens with one attached hydrogen (secondary N) is 1. The molecule has 8 heteroatoms. The molecule has 108 valence electrons. The number of sulfonamides is 1. The van der Waals surface area contributed by atoms with Crippen molar-refractivity contribution in [2.45, 2.75) is 37.7 Å². The molecule has 0 spiro atoms. The fourth-order valence-corrected chi connectivity index (χ4v) is 2.87. The molecule has 0 fully saturated rings. The molecule has 0 amide bonds. The standard InChI is InChI=1S/C11H18ClN3O3S/c1-8(2)4-11(3,16)7-15-19(17,18)9-5-13-10(12)14-6-9/h5-6,8,15-16H,4,7H2,1-3H3. The van der Waals surface area contributed by atoms with E-state index in [2.05, 4.69) is 14.7 Å². The normalized spacial score (nSPS) is 15.5. The second-order valence-corrected chi connectivity index (χ2v) is 7.21. The maximum atomic E-state index is 11.9. The van der Waals surface area contributed by atoms with Gasteiger partial charge in [0.25, 0.3) is 0 Å². The number of hydrogen-bond donors (Lipinski definition) is 2. The highest BCUT2D eigenvalue weighted by Crippen LogP contribution is 2.16. The van der Waals surface area contributed by atoms with Crippen LogP contribution in [0.5, 0.6) is 0 Å². The van der Waals surface area contributed by atoms with Crippen LogP contribution in [0.25, 0.3) is 0 Å². The van der Waals surface area contributed by atoms with Gasteiger partial charge in [-0.15, -0.1) is 0 Å². The van der Waals surface area contributed by atoms with Crippen molar-refractivity contribution in [3.63, 3.8) is 0 Å². The van der Waals surface area contributed by atoms with Gasteiger partial charge in [-0.1, -0.05) is 13.8 Å². The zero-order valence-corrected chi connectivity index (χ0v) is 12.7. The van der Waals surface area contributed by atoms with Gasteiger partial charge in [0.05, 0.1) is 18.0 Å². The van der Waals surface area contributed by atoms with E-state index in [9.17, 15) is 13.5 Å². The summed E-state index contributed by atoms with van der Waals surface area (Å²) in [6.45, 7) is 5.43. The Morgan fingerprint density at radius 3 is 2.42 bits per heavy atom. The summed E-state index contributed by atoms with van der Waals surface area (Å²) in [6.07, 6.45) is 2.73. The highest BCUT2D eigenvalue weighted by molar-refractivity contribution is 7.89. The largest absolute Gasteiger partial charge is 0.389 e. The van der Waals surface area contributed by atoms with Gasteiger partial charge in [-0.25, -0.2) is 23.1 Å². The summed E-state index contributed by atoms with van der Waals surface area (Å²) in [6, 6.07) is 0. The molecule has 0 aliphatic carbocycles. The second-order valence-electron chi connectivity index (χ2n) is 5.11. The monoisotopic (exact) mass is 307 g/mol. The average molecular weight is 308 g/mol. The summed E-state index contributed by atoms with van der Waals surface area (Å²) in [4.78, 5) is 7.14. The third-order valence-electron chi connectivity index (χ3n) is 2.40. The Bertz CT molecular complexity index is 514. The van der Waals surface area contributed by atoms with Gasteiger partial charge in [-0.2, -0.15) is 0 Å². The molecule has 0 aromatic carbocycles. The van der Waals surface area contributed by atoms with E-state index in [0.29, 0.717) is 6.42 Å². The molecule has 0 radical (unpaired) electrons. The molecule has 1 heterocycles. The molecule has 1 aromatic heterocycles. The predicted molar refractivity (Wildman–Crippen MR) is 72.3 cm³/mol. The number of rotatable bonds is 6. The molecule has 1 rings (SSSR count). The van der Waals surface area contributed by atoms with Gasteiger partial charge in [-0.05, 0) is 30.9 Å². The number of hydrogen-bond acceptors (Lipinski definition) is 5. The van der Waals surface area contributed by atoms with Gasteiger partial charge in [0.1, 0.15) is 4.90 Å². The van der Waals surface area contributed by atoms with E-state index in [1.165, 1.54) is 0 Å². The quantitative estimate of drug-likeness (QED) is 0.771. The number of aromatic nitrogens is 2. The first-order valence-electron chi connectivity index (χ1n) is 5.82. The van der Waals surface area contributed by atoms with Gasteiger partial charge in [0.2, 0.25) is 15.3 Å². The van der Waals surface area contributed by atoms with Crippen LogP contribution in [0.1, 0.15) is 27.2 Å². The fourth-order valence-electron chi connectivity index (χ4n) is 1.72. The van der Waals surface area contributed by atoms with E-state index in [0.717, 1.165) is 12.4 Å². The van der Waals surface area contributed by atoms with Crippen LogP contribution in [-0.2, 0) is 10.0 Å². The van der Waals surface area contributed by atoms with Crippen molar-refractivity contribution in [3.8, 4) is 0 Å². The van der Waals surface area contributed by atoms with E-state index < -0.39 is 15.6 Å². The van der Waals surface area contributed by atoms with E-state index in [4.69, 9.17) is 11.6 Å².